The van der Waals surface area contributed by atoms with E-state index in [4.69, 9.17) is 4.42 Å². The van der Waals surface area contributed by atoms with E-state index in [0.29, 0.717) is 0 Å². The van der Waals surface area contributed by atoms with Crippen molar-refractivity contribution >= 4 is 11.1 Å². The lowest BCUT2D eigenvalue weighted by molar-refractivity contribution is 0.598. The molecule has 0 radical (unpaired) electrons. The summed E-state index contributed by atoms with van der Waals surface area (Å²) in [5.74, 6) is 0. The second-order valence-corrected chi connectivity index (χ2v) is 2.33. The van der Waals surface area contributed by atoms with Gasteiger partial charge in [0, 0.05) is 18.3 Å². The minimum atomic E-state index is -0.290. The molecule has 2 rings (SSSR count). The van der Waals surface area contributed by atoms with Crippen molar-refractivity contribution in [3.05, 3.63) is 45.0 Å². The minimum absolute atomic E-state index is 0.0741. The summed E-state index contributed by atoms with van der Waals surface area (Å²) in [6.07, 6.45) is 2.63. The van der Waals surface area contributed by atoms with Crippen LogP contribution in [0, 0.1) is 0 Å². The molecule has 0 unspecified atom stereocenters. The molecule has 60 valence electrons. The van der Waals surface area contributed by atoms with Crippen molar-refractivity contribution in [3.8, 4) is 0 Å². The Morgan fingerprint density at radius 1 is 1.17 bits per heavy atom. The van der Waals surface area contributed by atoms with Gasteiger partial charge in [-0.15, -0.1) is 0 Å². The van der Waals surface area contributed by atoms with E-state index in [1.165, 1.54) is 24.6 Å². The fourth-order valence-electron chi connectivity index (χ4n) is 1.01. The Morgan fingerprint density at radius 2 is 2.00 bits per heavy atom. The van der Waals surface area contributed by atoms with E-state index in [9.17, 15) is 9.59 Å². The SMILES string of the molecule is O=c1ccoc2c(=O)cc[nH]c12. The molecule has 12 heavy (non-hydrogen) atoms. The van der Waals surface area contributed by atoms with Gasteiger partial charge in [-0.3, -0.25) is 9.59 Å². The quantitative estimate of drug-likeness (QED) is 0.614. The summed E-state index contributed by atoms with van der Waals surface area (Å²) < 4.78 is 4.88. The van der Waals surface area contributed by atoms with E-state index in [1.54, 1.807) is 0 Å². The Hall–Kier alpha value is -1.84. The van der Waals surface area contributed by atoms with E-state index < -0.39 is 0 Å². The van der Waals surface area contributed by atoms with Crippen LogP contribution >= 0.6 is 0 Å². The highest BCUT2D eigenvalue weighted by Gasteiger charge is 2.01. The number of rotatable bonds is 0. The molecule has 0 fully saturated rings. The van der Waals surface area contributed by atoms with Gasteiger partial charge in [0.25, 0.3) is 0 Å². The van der Waals surface area contributed by atoms with Crippen molar-refractivity contribution < 1.29 is 4.42 Å². The van der Waals surface area contributed by atoms with E-state index in [-0.39, 0.29) is 22.0 Å². The van der Waals surface area contributed by atoms with Crippen molar-refractivity contribution in [2.24, 2.45) is 0 Å². The zero-order valence-corrected chi connectivity index (χ0v) is 6.03. The fraction of sp³-hybridized carbons (Fsp3) is 0. The summed E-state index contributed by atoms with van der Waals surface area (Å²) in [7, 11) is 0. The maximum Gasteiger partial charge on any atom is 0.224 e. The summed E-state index contributed by atoms with van der Waals surface area (Å²) >= 11 is 0. The summed E-state index contributed by atoms with van der Waals surface area (Å²) in [4.78, 5) is 24.8. The van der Waals surface area contributed by atoms with Crippen LogP contribution in [0.1, 0.15) is 0 Å². The van der Waals surface area contributed by atoms with Crippen LogP contribution in [0.3, 0.4) is 0 Å². The third-order valence-electron chi connectivity index (χ3n) is 1.56. The summed E-state index contributed by atoms with van der Waals surface area (Å²) in [5.41, 5.74) is -0.245. The zero-order chi connectivity index (χ0) is 8.55. The van der Waals surface area contributed by atoms with Crippen LogP contribution in [-0.2, 0) is 0 Å². The molecule has 0 saturated carbocycles. The van der Waals surface area contributed by atoms with Gasteiger partial charge in [-0.05, 0) is 0 Å². The Labute approximate surface area is 66.5 Å². The van der Waals surface area contributed by atoms with Crippen molar-refractivity contribution in [1.82, 2.24) is 4.98 Å². The lowest BCUT2D eigenvalue weighted by atomic mass is 10.3. The van der Waals surface area contributed by atoms with Crippen molar-refractivity contribution in [2.75, 3.05) is 0 Å². The highest BCUT2D eigenvalue weighted by Crippen LogP contribution is 1.97. The van der Waals surface area contributed by atoms with Gasteiger partial charge in [-0.1, -0.05) is 0 Å². The van der Waals surface area contributed by atoms with Crippen LogP contribution < -0.4 is 10.9 Å². The molecular formula is C8H5NO3. The fourth-order valence-corrected chi connectivity index (χ4v) is 1.01. The van der Waals surface area contributed by atoms with E-state index in [1.807, 2.05) is 0 Å². The molecular weight excluding hydrogens is 158 g/mol. The minimum Gasteiger partial charge on any atom is -0.458 e. The van der Waals surface area contributed by atoms with Crippen LogP contribution in [0.25, 0.3) is 11.1 Å². The van der Waals surface area contributed by atoms with E-state index >= 15 is 0 Å². The highest BCUT2D eigenvalue weighted by atomic mass is 16.3. The molecule has 4 nitrogen and oxygen atoms in total. The van der Waals surface area contributed by atoms with Crippen LogP contribution in [0.4, 0.5) is 0 Å². The van der Waals surface area contributed by atoms with Crippen LogP contribution in [0.2, 0.25) is 0 Å². The number of hydrogen-bond donors (Lipinski definition) is 1. The van der Waals surface area contributed by atoms with Crippen LogP contribution in [0.5, 0.6) is 0 Å². The average Bonchev–Trinajstić information content (AvgIpc) is 2.07. The second kappa shape index (κ2) is 2.34. The zero-order valence-electron chi connectivity index (χ0n) is 6.03. The first-order valence-corrected chi connectivity index (χ1v) is 3.38. The molecule has 0 spiro atoms. The molecule has 2 heterocycles. The van der Waals surface area contributed by atoms with Gasteiger partial charge >= 0.3 is 0 Å². The molecule has 0 aliphatic rings. The first-order valence-electron chi connectivity index (χ1n) is 3.38. The second-order valence-electron chi connectivity index (χ2n) is 2.33. The van der Waals surface area contributed by atoms with Gasteiger partial charge < -0.3 is 9.40 Å². The number of aromatic nitrogens is 1. The summed E-state index contributed by atoms with van der Waals surface area (Å²) in [6.45, 7) is 0. The molecule has 0 bridgehead atoms. The molecule has 2 aromatic rings. The van der Waals surface area contributed by atoms with Gasteiger partial charge in [0.2, 0.25) is 16.4 Å². The van der Waals surface area contributed by atoms with E-state index in [0.717, 1.165) is 0 Å². The van der Waals surface area contributed by atoms with Gasteiger partial charge in [-0.25, -0.2) is 0 Å². The Balaban J connectivity index is 3.15. The summed E-state index contributed by atoms with van der Waals surface area (Å²) in [6, 6.07) is 2.57. The number of aromatic amines is 1. The van der Waals surface area contributed by atoms with Crippen molar-refractivity contribution in [1.29, 1.82) is 0 Å². The maximum absolute atomic E-state index is 11.1. The Kier molecular flexibility index (Phi) is 1.33. The van der Waals surface area contributed by atoms with E-state index in [2.05, 4.69) is 4.98 Å². The largest absolute Gasteiger partial charge is 0.458 e. The molecule has 0 atom stereocenters. The van der Waals surface area contributed by atoms with Gasteiger partial charge in [-0.2, -0.15) is 0 Å². The number of nitrogens with one attached hydrogen (secondary N) is 1. The average molecular weight is 163 g/mol. The number of H-pyrrole nitrogens is 1. The smallest absolute Gasteiger partial charge is 0.224 e. The Bertz CT molecular complexity index is 474. The highest BCUT2D eigenvalue weighted by molar-refractivity contribution is 5.70. The van der Waals surface area contributed by atoms with Crippen molar-refractivity contribution in [3.63, 3.8) is 0 Å². The van der Waals surface area contributed by atoms with Crippen LogP contribution in [-0.4, -0.2) is 4.98 Å². The number of fused-ring (bicyclic) bond motifs is 1. The third-order valence-corrected chi connectivity index (χ3v) is 1.56. The lowest BCUT2D eigenvalue weighted by Crippen LogP contribution is -2.07. The predicted molar refractivity (Wildman–Crippen MR) is 43.1 cm³/mol. The first kappa shape index (κ1) is 6.84. The van der Waals surface area contributed by atoms with Gasteiger partial charge in [0.05, 0.1) is 6.26 Å². The topological polar surface area (TPSA) is 63.1 Å². The standard InChI is InChI=1S/C8H5NO3/c10-5-2-4-12-8-6(11)1-3-9-7(5)8/h1-4H,(H,9,11). The molecule has 0 aliphatic heterocycles. The molecule has 0 aromatic carbocycles. The third kappa shape index (κ3) is 0.852. The molecule has 0 saturated heterocycles. The summed E-state index contributed by atoms with van der Waals surface area (Å²) in [5, 5.41) is 0. The normalized spacial score (nSPS) is 10.3. The molecule has 2 aromatic heterocycles. The molecule has 1 N–H and O–H groups in total. The van der Waals surface area contributed by atoms with Crippen molar-refractivity contribution in [2.45, 2.75) is 0 Å². The van der Waals surface area contributed by atoms with Gasteiger partial charge in [0.1, 0.15) is 5.52 Å². The van der Waals surface area contributed by atoms with Crippen LogP contribution in [0.15, 0.2) is 38.6 Å². The predicted octanol–water partition coefficient (Wildman–Crippen LogP) is 0.481. The maximum atomic E-state index is 11.1. The number of hydrogen-bond acceptors (Lipinski definition) is 3. The van der Waals surface area contributed by atoms with Gasteiger partial charge in [0.15, 0.2) is 0 Å². The number of pyridine rings is 1. The lowest BCUT2D eigenvalue weighted by Gasteiger charge is -1.91. The monoisotopic (exact) mass is 163 g/mol. The molecule has 0 amide bonds. The first-order chi connectivity index (χ1) is 5.79. The Morgan fingerprint density at radius 3 is 2.75 bits per heavy atom. The molecule has 0 aliphatic carbocycles. The molecule has 4 heteroatoms.